The van der Waals surface area contributed by atoms with Crippen LogP contribution >= 0.6 is 15.9 Å². The first kappa shape index (κ1) is 14.9. The number of hydrogen-bond donors (Lipinski definition) is 0. The Kier molecular flexibility index (Phi) is 3.97. The van der Waals surface area contributed by atoms with Crippen molar-refractivity contribution >= 4 is 21.8 Å². The lowest BCUT2D eigenvalue weighted by molar-refractivity contribution is 0.0726. The van der Waals surface area contributed by atoms with Crippen LogP contribution in [0.15, 0.2) is 39.3 Å². The number of halogens is 1. The second-order valence-electron chi connectivity index (χ2n) is 6.51. The first-order chi connectivity index (χ1) is 11.2. The van der Waals surface area contributed by atoms with E-state index < -0.39 is 0 Å². The van der Waals surface area contributed by atoms with Gasteiger partial charge in [-0.3, -0.25) is 4.79 Å². The molecule has 0 radical (unpaired) electrons. The Bertz CT molecular complexity index is 706. The first-order valence-electron chi connectivity index (χ1n) is 8.23. The molecule has 1 aromatic heterocycles. The molecule has 1 saturated carbocycles. The van der Waals surface area contributed by atoms with Crippen molar-refractivity contribution in [2.24, 2.45) is 0 Å². The summed E-state index contributed by atoms with van der Waals surface area (Å²) in [5.74, 6) is 1.37. The minimum Gasteiger partial charge on any atom is -0.360 e. The molecule has 23 heavy (non-hydrogen) atoms. The number of nitrogens with zero attached hydrogens (tertiary/aromatic N) is 2. The number of carbonyl (C=O) groups excluding carboxylic acids is 1. The van der Waals surface area contributed by atoms with Crippen molar-refractivity contribution in [1.82, 2.24) is 10.1 Å². The van der Waals surface area contributed by atoms with Crippen LogP contribution in [0.1, 0.15) is 53.4 Å². The van der Waals surface area contributed by atoms with Crippen LogP contribution in [0.5, 0.6) is 0 Å². The average molecular weight is 375 g/mol. The molecule has 1 amide bonds. The standard InChI is InChI=1S/C18H19BrN2O2/c19-14-7-3-12(4-8-14)10-15-2-1-9-21(15)18(22)16-11-17(23-20-16)13-5-6-13/h3-4,7-8,11,13,15H,1-2,5-6,9-10H2/t15-/m0/s1. The zero-order chi connectivity index (χ0) is 15.8. The molecule has 2 aromatic rings. The van der Waals surface area contributed by atoms with Crippen molar-refractivity contribution in [3.63, 3.8) is 0 Å². The Morgan fingerprint density at radius 1 is 1.26 bits per heavy atom. The molecule has 1 aromatic carbocycles. The molecule has 0 spiro atoms. The molecule has 2 heterocycles. The highest BCUT2D eigenvalue weighted by Gasteiger charge is 2.33. The van der Waals surface area contributed by atoms with Crippen LogP contribution in [-0.2, 0) is 6.42 Å². The average Bonchev–Trinajstić information content (AvgIpc) is 3.11. The normalized spacial score (nSPS) is 20.9. The van der Waals surface area contributed by atoms with Crippen molar-refractivity contribution in [3.05, 3.63) is 51.8 Å². The van der Waals surface area contributed by atoms with E-state index in [1.807, 2.05) is 11.0 Å². The topological polar surface area (TPSA) is 46.3 Å². The van der Waals surface area contributed by atoms with Crippen LogP contribution in [0.2, 0.25) is 0 Å². The predicted octanol–water partition coefficient (Wildman–Crippen LogP) is 4.16. The Balaban J connectivity index is 1.47. The number of carbonyl (C=O) groups is 1. The highest BCUT2D eigenvalue weighted by molar-refractivity contribution is 9.10. The van der Waals surface area contributed by atoms with Crippen molar-refractivity contribution in [2.45, 2.75) is 44.1 Å². The van der Waals surface area contributed by atoms with Crippen molar-refractivity contribution in [3.8, 4) is 0 Å². The Morgan fingerprint density at radius 2 is 2.04 bits per heavy atom. The molecule has 1 saturated heterocycles. The maximum absolute atomic E-state index is 12.8. The molecule has 0 N–H and O–H groups in total. The molecular weight excluding hydrogens is 356 g/mol. The highest BCUT2D eigenvalue weighted by Crippen LogP contribution is 2.40. The highest BCUT2D eigenvalue weighted by atomic mass is 79.9. The molecule has 1 aliphatic heterocycles. The second-order valence-corrected chi connectivity index (χ2v) is 7.43. The SMILES string of the molecule is O=C(c1cc(C2CC2)on1)N1CCC[C@H]1Cc1ccc(Br)cc1. The van der Waals surface area contributed by atoms with Gasteiger partial charge in [-0.25, -0.2) is 0 Å². The van der Waals surface area contributed by atoms with Gasteiger partial charge in [0.25, 0.3) is 5.91 Å². The summed E-state index contributed by atoms with van der Waals surface area (Å²) in [4.78, 5) is 14.7. The number of hydrogen-bond acceptors (Lipinski definition) is 3. The fraction of sp³-hybridized carbons (Fsp3) is 0.444. The van der Waals surface area contributed by atoms with E-state index in [0.29, 0.717) is 11.6 Å². The summed E-state index contributed by atoms with van der Waals surface area (Å²) >= 11 is 3.46. The van der Waals surface area contributed by atoms with Crippen LogP contribution < -0.4 is 0 Å². The van der Waals surface area contributed by atoms with E-state index in [2.05, 4.69) is 45.4 Å². The van der Waals surface area contributed by atoms with E-state index in [1.165, 1.54) is 5.56 Å². The summed E-state index contributed by atoms with van der Waals surface area (Å²) < 4.78 is 6.41. The third-order valence-electron chi connectivity index (χ3n) is 4.75. The minimum absolute atomic E-state index is 0.0141. The van der Waals surface area contributed by atoms with Crippen LogP contribution in [0.25, 0.3) is 0 Å². The monoisotopic (exact) mass is 374 g/mol. The van der Waals surface area contributed by atoms with E-state index in [0.717, 1.165) is 48.9 Å². The summed E-state index contributed by atoms with van der Waals surface area (Å²) in [6.07, 6.45) is 5.30. The summed E-state index contributed by atoms with van der Waals surface area (Å²) in [5, 5.41) is 4.00. The van der Waals surface area contributed by atoms with Gasteiger partial charge < -0.3 is 9.42 Å². The van der Waals surface area contributed by atoms with Gasteiger partial charge in [0.2, 0.25) is 0 Å². The molecule has 1 atom stereocenters. The van der Waals surface area contributed by atoms with Gasteiger partial charge in [0, 0.05) is 29.0 Å². The Hall–Kier alpha value is -1.62. The number of likely N-dealkylation sites (tertiary alicyclic amines) is 1. The molecule has 0 bridgehead atoms. The number of benzene rings is 1. The van der Waals surface area contributed by atoms with Crippen molar-refractivity contribution in [1.29, 1.82) is 0 Å². The molecule has 2 aliphatic rings. The van der Waals surface area contributed by atoms with E-state index in [9.17, 15) is 4.79 Å². The molecule has 4 rings (SSSR count). The van der Waals surface area contributed by atoms with Crippen molar-refractivity contribution in [2.75, 3.05) is 6.54 Å². The number of amides is 1. The van der Waals surface area contributed by atoms with Crippen LogP contribution in [0.3, 0.4) is 0 Å². The van der Waals surface area contributed by atoms with Crippen LogP contribution in [0.4, 0.5) is 0 Å². The second kappa shape index (κ2) is 6.11. The largest absolute Gasteiger partial charge is 0.360 e. The maximum Gasteiger partial charge on any atom is 0.276 e. The summed E-state index contributed by atoms with van der Waals surface area (Å²) in [7, 11) is 0. The van der Waals surface area contributed by atoms with Crippen LogP contribution in [-0.4, -0.2) is 28.6 Å². The van der Waals surface area contributed by atoms with Gasteiger partial charge in [0.1, 0.15) is 5.76 Å². The number of rotatable bonds is 4. The van der Waals surface area contributed by atoms with Gasteiger partial charge in [-0.1, -0.05) is 33.2 Å². The first-order valence-corrected chi connectivity index (χ1v) is 9.02. The fourth-order valence-electron chi connectivity index (χ4n) is 3.31. The van der Waals surface area contributed by atoms with E-state index in [4.69, 9.17) is 4.52 Å². The lowest BCUT2D eigenvalue weighted by Crippen LogP contribution is -2.37. The summed E-state index contributed by atoms with van der Waals surface area (Å²) in [6.45, 7) is 0.811. The quantitative estimate of drug-likeness (QED) is 0.806. The minimum atomic E-state index is 0.0141. The zero-order valence-electron chi connectivity index (χ0n) is 12.9. The van der Waals surface area contributed by atoms with E-state index in [-0.39, 0.29) is 11.9 Å². The van der Waals surface area contributed by atoms with Gasteiger partial charge in [0.15, 0.2) is 5.69 Å². The smallest absolute Gasteiger partial charge is 0.276 e. The van der Waals surface area contributed by atoms with Gasteiger partial charge in [-0.05, 0) is 49.8 Å². The molecule has 0 unspecified atom stereocenters. The molecule has 120 valence electrons. The molecule has 2 fully saturated rings. The maximum atomic E-state index is 12.8. The molecule has 1 aliphatic carbocycles. The zero-order valence-corrected chi connectivity index (χ0v) is 14.5. The Labute approximate surface area is 144 Å². The van der Waals surface area contributed by atoms with Crippen molar-refractivity contribution < 1.29 is 9.32 Å². The lowest BCUT2D eigenvalue weighted by atomic mass is 10.0. The van der Waals surface area contributed by atoms with Gasteiger partial charge in [-0.2, -0.15) is 0 Å². The van der Waals surface area contributed by atoms with Crippen LogP contribution in [0, 0.1) is 0 Å². The van der Waals surface area contributed by atoms with Gasteiger partial charge in [-0.15, -0.1) is 0 Å². The predicted molar refractivity (Wildman–Crippen MR) is 90.4 cm³/mol. The molecule has 5 heteroatoms. The van der Waals surface area contributed by atoms with Gasteiger partial charge in [0.05, 0.1) is 0 Å². The Morgan fingerprint density at radius 3 is 2.78 bits per heavy atom. The third-order valence-corrected chi connectivity index (χ3v) is 5.28. The molecular formula is C18H19BrN2O2. The van der Waals surface area contributed by atoms with E-state index in [1.54, 1.807) is 0 Å². The van der Waals surface area contributed by atoms with E-state index >= 15 is 0 Å². The van der Waals surface area contributed by atoms with Gasteiger partial charge >= 0.3 is 0 Å². The summed E-state index contributed by atoms with van der Waals surface area (Å²) in [5.41, 5.74) is 1.73. The fourth-order valence-corrected chi connectivity index (χ4v) is 3.57. The number of aromatic nitrogens is 1. The lowest BCUT2D eigenvalue weighted by Gasteiger charge is -2.23. The summed E-state index contributed by atoms with van der Waals surface area (Å²) in [6, 6.07) is 10.4. The third kappa shape index (κ3) is 3.20. The molecule has 4 nitrogen and oxygen atoms in total.